The Bertz CT molecular complexity index is 545. The first kappa shape index (κ1) is 19.3. The zero-order valence-electron chi connectivity index (χ0n) is 9.42. The summed E-state index contributed by atoms with van der Waals surface area (Å²) in [7, 11) is 0. The molecule has 0 radical (unpaired) electrons. The summed E-state index contributed by atoms with van der Waals surface area (Å²) < 4.78 is 11.0. The number of nitrogens with two attached hydrogens (primary N) is 2. The van der Waals surface area contributed by atoms with Gasteiger partial charge >= 0.3 is 0 Å². The van der Waals surface area contributed by atoms with Crippen LogP contribution in [0.25, 0.3) is 0 Å². The van der Waals surface area contributed by atoms with Gasteiger partial charge in [0.1, 0.15) is 0 Å². The second-order valence-electron chi connectivity index (χ2n) is 3.30. The minimum absolute atomic E-state index is 0.749. The van der Waals surface area contributed by atoms with Crippen LogP contribution in [0.2, 0.25) is 0 Å². The van der Waals surface area contributed by atoms with E-state index in [0.717, 1.165) is 11.4 Å². The average Bonchev–Trinajstić information content (AvgIpc) is 2.16. The first-order chi connectivity index (χ1) is 8.91. The monoisotopic (exact) mass is 453 g/mol. The Balaban J connectivity index is 0.000000217. The second-order valence-corrected chi connectivity index (χ2v) is 18.2. The molecule has 20 heavy (non-hydrogen) atoms. The maximum absolute atomic E-state index is 5.64. The number of hydrogen-bond acceptors (Lipinski definition) is 5. The van der Waals surface area contributed by atoms with Crippen LogP contribution in [0.15, 0.2) is 37.8 Å². The Morgan fingerprint density at radius 2 is 0.800 bits per heavy atom. The zero-order valence-corrected chi connectivity index (χ0v) is 16.6. The summed E-state index contributed by atoms with van der Waals surface area (Å²) in [6.45, 7) is 0. The van der Waals surface area contributed by atoms with Crippen molar-refractivity contribution in [2.75, 3.05) is 11.5 Å². The Labute approximate surface area is 145 Å². The van der Waals surface area contributed by atoms with Crippen LogP contribution in [0.3, 0.4) is 0 Å². The fraction of sp³-hybridized carbons (Fsp3) is 0. The van der Waals surface area contributed by atoms with Crippen molar-refractivity contribution in [3.05, 3.63) is 24.3 Å². The average molecular weight is 456 g/mol. The van der Waals surface area contributed by atoms with E-state index in [2.05, 4.69) is 13.5 Å². The Kier molecular flexibility index (Phi) is 6.96. The van der Waals surface area contributed by atoms with Crippen molar-refractivity contribution in [2.24, 2.45) is 13.5 Å². The molecule has 0 aromatic heterocycles. The molecule has 1 aromatic carbocycles. The maximum atomic E-state index is 5.64. The van der Waals surface area contributed by atoms with Crippen molar-refractivity contribution in [1.82, 2.24) is 0 Å². The highest BCUT2D eigenvalue weighted by atomic mass is 35.9. The van der Waals surface area contributed by atoms with Crippen molar-refractivity contribution < 1.29 is 0 Å². The summed E-state index contributed by atoms with van der Waals surface area (Å²) in [5, 5.41) is 0. The van der Waals surface area contributed by atoms with Crippen LogP contribution in [-0.2, 0) is 0 Å². The molecular formula is C6H8Cl6N5P3. The molecule has 0 aliphatic carbocycles. The molecule has 0 unspecified atom stereocenters. The molecule has 1 aliphatic rings. The van der Waals surface area contributed by atoms with Crippen LogP contribution in [0, 0.1) is 0 Å². The molecule has 0 bridgehead atoms. The summed E-state index contributed by atoms with van der Waals surface area (Å²) in [5.74, 6) is -8.72. The molecule has 0 saturated carbocycles. The molecule has 1 heterocycles. The van der Waals surface area contributed by atoms with Gasteiger partial charge in [-0.2, -0.15) is 13.5 Å². The summed E-state index contributed by atoms with van der Waals surface area (Å²) >= 11 is 33.9. The Morgan fingerprint density at radius 3 is 1.00 bits per heavy atom. The maximum Gasteiger partial charge on any atom is 0.257 e. The van der Waals surface area contributed by atoms with E-state index in [9.17, 15) is 0 Å². The van der Waals surface area contributed by atoms with E-state index in [-0.39, 0.29) is 0 Å². The fourth-order valence-corrected chi connectivity index (χ4v) is 19.7. The number of hydrogen-bond donors (Lipinski definition) is 2. The van der Waals surface area contributed by atoms with Crippen LogP contribution < -0.4 is 11.5 Å². The lowest BCUT2D eigenvalue weighted by Gasteiger charge is -2.16. The van der Waals surface area contributed by atoms with E-state index in [1.165, 1.54) is 0 Å². The largest absolute Gasteiger partial charge is 0.399 e. The van der Waals surface area contributed by atoms with Gasteiger partial charge in [0.05, 0.1) is 0 Å². The molecule has 0 fully saturated rings. The molecule has 0 spiro atoms. The minimum Gasteiger partial charge on any atom is -0.399 e. The molecule has 0 amide bonds. The van der Waals surface area contributed by atoms with Gasteiger partial charge in [0, 0.05) is 11.4 Å². The SMILES string of the molecule is ClP1(Cl)=NP(Cl)(Cl)=NP(Cl)(Cl)=N1.Nc1ccc(N)cc1. The van der Waals surface area contributed by atoms with Gasteiger partial charge in [-0.15, -0.1) is 0 Å². The van der Waals surface area contributed by atoms with E-state index in [0.29, 0.717) is 0 Å². The van der Waals surface area contributed by atoms with E-state index in [1.54, 1.807) is 24.3 Å². The first-order valence-corrected chi connectivity index (χ1v) is 15.1. The molecule has 0 saturated heterocycles. The first-order valence-electron chi connectivity index (χ1n) is 4.61. The third kappa shape index (κ3) is 7.49. The third-order valence-corrected chi connectivity index (χ3v) is 14.0. The van der Waals surface area contributed by atoms with Gasteiger partial charge in [-0.25, -0.2) is 0 Å². The lowest BCUT2D eigenvalue weighted by atomic mass is 10.3. The highest BCUT2D eigenvalue weighted by Crippen LogP contribution is 2.87. The number of nitrogens with zero attached hydrogens (tertiary/aromatic N) is 3. The summed E-state index contributed by atoms with van der Waals surface area (Å²) in [6.07, 6.45) is 0. The molecule has 1 aromatic rings. The fourth-order valence-electron chi connectivity index (χ4n) is 0.938. The van der Waals surface area contributed by atoms with Crippen LogP contribution in [0.1, 0.15) is 0 Å². The minimum atomic E-state index is -2.91. The van der Waals surface area contributed by atoms with Crippen molar-refractivity contribution in [3.63, 3.8) is 0 Å². The van der Waals surface area contributed by atoms with Crippen molar-refractivity contribution >= 4 is 96.6 Å². The number of anilines is 2. The van der Waals surface area contributed by atoms with E-state index in [4.69, 9.17) is 78.9 Å². The van der Waals surface area contributed by atoms with Gasteiger partial charge in [0.25, 0.3) is 17.7 Å². The van der Waals surface area contributed by atoms with Gasteiger partial charge in [0.2, 0.25) is 0 Å². The van der Waals surface area contributed by atoms with Crippen LogP contribution in [-0.4, -0.2) is 0 Å². The molecule has 0 atom stereocenters. The Morgan fingerprint density at radius 1 is 0.600 bits per heavy atom. The molecule has 14 heteroatoms. The lowest BCUT2D eigenvalue weighted by Crippen LogP contribution is -1.86. The highest BCUT2D eigenvalue weighted by Gasteiger charge is 2.30. The van der Waals surface area contributed by atoms with Crippen LogP contribution in [0.4, 0.5) is 11.4 Å². The van der Waals surface area contributed by atoms with Gasteiger partial charge in [-0.3, -0.25) is 0 Å². The zero-order chi connectivity index (χ0) is 15.6. The molecule has 114 valence electrons. The lowest BCUT2D eigenvalue weighted by molar-refractivity contribution is 1.67. The Hall–Kier alpha value is 1.25. The smallest absolute Gasteiger partial charge is 0.257 e. The molecule has 2 rings (SSSR count). The molecule has 5 nitrogen and oxygen atoms in total. The van der Waals surface area contributed by atoms with E-state index < -0.39 is 17.7 Å². The topological polar surface area (TPSA) is 89.1 Å². The molecular weight excluding hydrogens is 448 g/mol. The summed E-state index contributed by atoms with van der Waals surface area (Å²) in [6, 6.07) is 7.09. The van der Waals surface area contributed by atoms with Gasteiger partial charge < -0.3 is 11.5 Å². The normalized spacial score (nSPS) is 21.3. The predicted molar refractivity (Wildman–Crippen MR) is 98.4 cm³/mol. The number of nitrogen functional groups attached to an aromatic ring is 2. The van der Waals surface area contributed by atoms with Crippen molar-refractivity contribution in [3.8, 4) is 0 Å². The van der Waals surface area contributed by atoms with Crippen LogP contribution >= 0.6 is 85.2 Å². The molecule has 1 aliphatic heterocycles. The van der Waals surface area contributed by atoms with Gasteiger partial charge in [-0.05, 0) is 91.7 Å². The van der Waals surface area contributed by atoms with E-state index in [1.807, 2.05) is 0 Å². The van der Waals surface area contributed by atoms with E-state index >= 15 is 0 Å². The van der Waals surface area contributed by atoms with Crippen molar-refractivity contribution in [1.29, 1.82) is 0 Å². The predicted octanol–water partition coefficient (Wildman–Crippen LogP) is 8.12. The van der Waals surface area contributed by atoms with Gasteiger partial charge in [-0.1, -0.05) is 0 Å². The number of benzene rings is 1. The number of halogens is 6. The summed E-state index contributed by atoms with van der Waals surface area (Å²) in [5.41, 5.74) is 12.2. The third-order valence-electron chi connectivity index (χ3n) is 1.58. The van der Waals surface area contributed by atoms with Crippen molar-refractivity contribution in [2.45, 2.75) is 0 Å². The summed E-state index contributed by atoms with van der Waals surface area (Å²) in [4.78, 5) is 0. The molecule has 4 N–H and O–H groups in total. The standard InChI is InChI=1S/C6H8N2.Cl6N3P3/c7-5-1-2-6(8)4-3-5;1-10(2)7-11(3,4)9-12(5,6)8-10/h1-4H,7-8H2;. The number of rotatable bonds is 0. The second kappa shape index (κ2) is 7.21. The van der Waals surface area contributed by atoms with Gasteiger partial charge in [0.15, 0.2) is 0 Å². The highest BCUT2D eigenvalue weighted by molar-refractivity contribution is 8.26. The quantitative estimate of drug-likeness (QED) is 0.305. The van der Waals surface area contributed by atoms with Crippen LogP contribution in [0.5, 0.6) is 0 Å².